The number of halogens is 3. The van der Waals surface area contributed by atoms with Crippen molar-refractivity contribution in [3.8, 4) is 6.07 Å². The maximum atomic E-state index is 13.0. The lowest BCUT2D eigenvalue weighted by atomic mass is 10.2. The van der Waals surface area contributed by atoms with Crippen molar-refractivity contribution in [2.75, 3.05) is 4.72 Å². The topological polar surface area (TPSA) is 70.0 Å². The van der Waals surface area contributed by atoms with Gasteiger partial charge in [0.05, 0.1) is 16.3 Å². The summed E-state index contributed by atoms with van der Waals surface area (Å²) < 4.78 is 39.9. The average Bonchev–Trinajstić information content (AvgIpc) is 2.37. The Bertz CT molecular complexity index is 850. The number of hydrogen-bond acceptors (Lipinski definition) is 3. The summed E-state index contributed by atoms with van der Waals surface area (Å²) in [6, 6.07) is 9.27. The first-order chi connectivity index (χ1) is 9.83. The van der Waals surface area contributed by atoms with E-state index < -0.39 is 15.8 Å². The Morgan fingerprint density at radius 3 is 2.52 bits per heavy atom. The monoisotopic (exact) mass is 388 g/mol. The van der Waals surface area contributed by atoms with Crippen LogP contribution in [0.2, 0.25) is 5.02 Å². The Labute approximate surface area is 134 Å². The molecule has 0 atom stereocenters. The molecule has 0 aliphatic carbocycles. The van der Waals surface area contributed by atoms with Gasteiger partial charge in [-0.1, -0.05) is 11.6 Å². The lowest BCUT2D eigenvalue weighted by Crippen LogP contribution is -2.13. The van der Waals surface area contributed by atoms with Crippen LogP contribution in [0, 0.1) is 17.1 Å². The molecule has 0 fully saturated rings. The first-order valence-corrected chi connectivity index (χ1v) is 8.16. The van der Waals surface area contributed by atoms with Gasteiger partial charge in [-0.15, -0.1) is 0 Å². The van der Waals surface area contributed by atoms with Crippen LogP contribution >= 0.6 is 27.5 Å². The molecule has 0 bridgehead atoms. The van der Waals surface area contributed by atoms with Crippen molar-refractivity contribution in [2.45, 2.75) is 4.90 Å². The molecule has 8 heteroatoms. The van der Waals surface area contributed by atoms with Gasteiger partial charge in [-0.25, -0.2) is 12.8 Å². The molecule has 0 amide bonds. The fourth-order valence-electron chi connectivity index (χ4n) is 1.57. The Morgan fingerprint density at radius 2 is 1.95 bits per heavy atom. The molecule has 2 rings (SSSR count). The van der Waals surface area contributed by atoms with Gasteiger partial charge in [-0.2, -0.15) is 5.26 Å². The first kappa shape index (κ1) is 15.8. The van der Waals surface area contributed by atoms with Crippen LogP contribution in [0.1, 0.15) is 5.56 Å². The van der Waals surface area contributed by atoms with Gasteiger partial charge in [0.25, 0.3) is 10.0 Å². The van der Waals surface area contributed by atoms with Crippen molar-refractivity contribution in [2.24, 2.45) is 0 Å². The van der Waals surface area contributed by atoms with Gasteiger partial charge in [0.15, 0.2) is 0 Å². The molecule has 0 saturated carbocycles. The van der Waals surface area contributed by atoms with Crippen LogP contribution in [-0.4, -0.2) is 8.42 Å². The number of anilines is 1. The van der Waals surface area contributed by atoms with E-state index in [0.29, 0.717) is 0 Å². The zero-order chi connectivity index (χ0) is 15.6. The van der Waals surface area contributed by atoms with Crippen LogP contribution in [0.15, 0.2) is 45.8 Å². The van der Waals surface area contributed by atoms with Gasteiger partial charge in [0.2, 0.25) is 0 Å². The normalized spacial score (nSPS) is 11.0. The van der Waals surface area contributed by atoms with E-state index in [2.05, 4.69) is 20.7 Å². The SMILES string of the molecule is N#Cc1ccc(NS(=O)(=O)c2ccc(F)cc2Br)cc1Cl. The third kappa shape index (κ3) is 3.53. The lowest BCUT2D eigenvalue weighted by molar-refractivity contribution is 0.599. The van der Waals surface area contributed by atoms with Crippen molar-refractivity contribution < 1.29 is 12.8 Å². The summed E-state index contributed by atoms with van der Waals surface area (Å²) in [6.07, 6.45) is 0. The van der Waals surface area contributed by atoms with Crippen molar-refractivity contribution in [3.05, 3.63) is 57.3 Å². The van der Waals surface area contributed by atoms with Gasteiger partial charge < -0.3 is 0 Å². The molecular formula is C13H7BrClFN2O2S. The molecule has 0 unspecified atom stereocenters. The number of hydrogen-bond donors (Lipinski definition) is 1. The van der Waals surface area contributed by atoms with E-state index in [1.54, 1.807) is 0 Å². The molecule has 0 spiro atoms. The fraction of sp³-hybridized carbons (Fsp3) is 0. The van der Waals surface area contributed by atoms with E-state index in [1.807, 2.05) is 6.07 Å². The van der Waals surface area contributed by atoms with Crippen LogP contribution in [0.5, 0.6) is 0 Å². The van der Waals surface area contributed by atoms with E-state index in [0.717, 1.165) is 18.2 Å². The highest BCUT2D eigenvalue weighted by Gasteiger charge is 2.18. The van der Waals surface area contributed by atoms with E-state index in [1.165, 1.54) is 18.2 Å². The summed E-state index contributed by atoms with van der Waals surface area (Å²) in [4.78, 5) is -0.107. The second kappa shape index (κ2) is 6.02. The van der Waals surface area contributed by atoms with Gasteiger partial charge in [0.1, 0.15) is 16.8 Å². The van der Waals surface area contributed by atoms with Crippen molar-refractivity contribution in [1.29, 1.82) is 5.26 Å². The van der Waals surface area contributed by atoms with E-state index in [-0.39, 0.29) is 25.6 Å². The number of nitriles is 1. The minimum atomic E-state index is -3.90. The number of rotatable bonds is 3. The van der Waals surface area contributed by atoms with Gasteiger partial charge in [0, 0.05) is 4.47 Å². The predicted molar refractivity (Wildman–Crippen MR) is 81.1 cm³/mol. The molecule has 108 valence electrons. The second-order valence-corrected chi connectivity index (χ2v) is 6.90. The minimum Gasteiger partial charge on any atom is -0.280 e. The van der Waals surface area contributed by atoms with E-state index in [4.69, 9.17) is 16.9 Å². The summed E-state index contributed by atoms with van der Waals surface area (Å²) in [5.74, 6) is -0.553. The van der Waals surface area contributed by atoms with Crippen LogP contribution in [0.4, 0.5) is 10.1 Å². The highest BCUT2D eigenvalue weighted by molar-refractivity contribution is 9.10. The number of benzene rings is 2. The van der Waals surface area contributed by atoms with Crippen LogP contribution in [-0.2, 0) is 10.0 Å². The summed E-state index contributed by atoms with van der Waals surface area (Å²) in [5.41, 5.74) is 0.442. The molecule has 0 radical (unpaired) electrons. The molecule has 0 aromatic heterocycles. The number of nitrogens with one attached hydrogen (secondary N) is 1. The first-order valence-electron chi connectivity index (χ1n) is 5.51. The molecule has 0 saturated heterocycles. The molecule has 0 aliphatic rings. The summed E-state index contributed by atoms with van der Waals surface area (Å²) >= 11 is 8.85. The third-order valence-corrected chi connectivity index (χ3v) is 5.20. The maximum absolute atomic E-state index is 13.0. The fourth-order valence-corrected chi connectivity index (χ4v) is 3.90. The Balaban J connectivity index is 2.38. The molecule has 2 aromatic carbocycles. The Hall–Kier alpha value is -1.62. The molecule has 4 nitrogen and oxygen atoms in total. The van der Waals surface area contributed by atoms with Gasteiger partial charge in [-0.05, 0) is 52.3 Å². The maximum Gasteiger partial charge on any atom is 0.263 e. The number of sulfonamides is 1. The molecular weight excluding hydrogens is 383 g/mol. The minimum absolute atomic E-state index is 0.106. The summed E-state index contributed by atoms with van der Waals surface area (Å²) in [7, 11) is -3.90. The quantitative estimate of drug-likeness (QED) is 0.865. The largest absolute Gasteiger partial charge is 0.280 e. The van der Waals surface area contributed by atoms with Crippen molar-refractivity contribution in [3.63, 3.8) is 0 Å². The zero-order valence-corrected chi connectivity index (χ0v) is 13.4. The van der Waals surface area contributed by atoms with Crippen molar-refractivity contribution in [1.82, 2.24) is 0 Å². The van der Waals surface area contributed by atoms with E-state index in [9.17, 15) is 12.8 Å². The lowest BCUT2D eigenvalue weighted by Gasteiger charge is -2.10. The molecule has 21 heavy (non-hydrogen) atoms. The summed E-state index contributed by atoms with van der Waals surface area (Å²) in [5, 5.41) is 8.90. The van der Waals surface area contributed by atoms with Crippen LogP contribution in [0.3, 0.4) is 0 Å². The standard InChI is InChI=1S/C13H7BrClFN2O2S/c14-11-5-9(16)2-4-13(11)21(19,20)18-10-3-1-8(7-17)12(15)6-10/h1-6,18H. The van der Waals surface area contributed by atoms with Crippen LogP contribution in [0.25, 0.3) is 0 Å². The van der Waals surface area contributed by atoms with Gasteiger partial charge in [-0.3, -0.25) is 4.72 Å². The smallest absolute Gasteiger partial charge is 0.263 e. The highest BCUT2D eigenvalue weighted by atomic mass is 79.9. The molecule has 0 aliphatic heterocycles. The molecule has 1 N–H and O–H groups in total. The Morgan fingerprint density at radius 1 is 1.24 bits per heavy atom. The highest BCUT2D eigenvalue weighted by Crippen LogP contribution is 2.26. The number of nitrogens with zero attached hydrogens (tertiary/aromatic N) is 1. The van der Waals surface area contributed by atoms with Gasteiger partial charge >= 0.3 is 0 Å². The second-order valence-electron chi connectivity index (χ2n) is 3.99. The zero-order valence-electron chi connectivity index (χ0n) is 10.3. The molecule has 0 heterocycles. The van der Waals surface area contributed by atoms with E-state index >= 15 is 0 Å². The summed E-state index contributed by atoms with van der Waals surface area (Å²) in [6.45, 7) is 0. The van der Waals surface area contributed by atoms with Crippen molar-refractivity contribution >= 4 is 43.2 Å². The Kier molecular flexibility index (Phi) is 4.52. The predicted octanol–water partition coefficient (Wildman–Crippen LogP) is 3.91. The third-order valence-electron chi connectivity index (χ3n) is 2.53. The average molecular weight is 390 g/mol. The molecule has 2 aromatic rings. The van der Waals surface area contributed by atoms with Crippen LogP contribution < -0.4 is 4.72 Å².